The number of carbonyl (C=O) groups is 3. The van der Waals surface area contributed by atoms with E-state index >= 15 is 0 Å². The van der Waals surface area contributed by atoms with E-state index in [4.69, 9.17) is 21.1 Å². The molecule has 146 valence electrons. The summed E-state index contributed by atoms with van der Waals surface area (Å²) in [6, 6.07) is 5.04. The summed E-state index contributed by atoms with van der Waals surface area (Å²) in [5.41, 5.74) is 0.564. The molecule has 0 spiro atoms. The molecule has 2 aliphatic rings. The third kappa shape index (κ3) is 5.11. The Morgan fingerprint density at radius 2 is 1.96 bits per heavy atom. The summed E-state index contributed by atoms with van der Waals surface area (Å²) in [6.07, 6.45) is 0.379. The van der Waals surface area contributed by atoms with Crippen molar-refractivity contribution < 1.29 is 23.9 Å². The first-order valence-corrected chi connectivity index (χ1v) is 9.27. The molecule has 9 heteroatoms. The number of ether oxygens (including phenoxy) is 2. The molecular weight excluding hydrogens is 374 g/mol. The Hall–Kier alpha value is -2.32. The van der Waals surface area contributed by atoms with Gasteiger partial charge in [-0.1, -0.05) is 11.6 Å². The van der Waals surface area contributed by atoms with Gasteiger partial charge in [0, 0.05) is 44.0 Å². The largest absolute Gasteiger partial charge is 0.482 e. The molecule has 0 aromatic heterocycles. The van der Waals surface area contributed by atoms with E-state index in [0.717, 1.165) is 0 Å². The predicted octanol–water partition coefficient (Wildman–Crippen LogP) is 0.821. The first-order valence-electron chi connectivity index (χ1n) is 8.89. The molecule has 3 amide bonds. The number of carbonyl (C=O) groups excluding carboxylic acids is 3. The third-order valence-corrected chi connectivity index (χ3v) is 4.69. The van der Waals surface area contributed by atoms with Gasteiger partial charge in [-0.25, -0.2) is 0 Å². The smallest absolute Gasteiger partial charge is 0.265 e. The lowest BCUT2D eigenvalue weighted by Crippen LogP contribution is -2.42. The fourth-order valence-corrected chi connectivity index (χ4v) is 3.17. The number of nitrogens with one attached hydrogen (secondary N) is 1. The van der Waals surface area contributed by atoms with Gasteiger partial charge in [0.15, 0.2) is 6.61 Å². The number of morpholine rings is 1. The average molecular weight is 396 g/mol. The van der Waals surface area contributed by atoms with Crippen LogP contribution >= 0.6 is 11.6 Å². The van der Waals surface area contributed by atoms with E-state index in [1.807, 2.05) is 0 Å². The molecule has 1 saturated heterocycles. The maximum absolute atomic E-state index is 12.1. The lowest BCUT2D eigenvalue weighted by atomic mass is 10.2. The highest BCUT2D eigenvalue weighted by Crippen LogP contribution is 2.34. The zero-order chi connectivity index (χ0) is 19.2. The minimum absolute atomic E-state index is 0.00512. The van der Waals surface area contributed by atoms with E-state index in [9.17, 15) is 14.4 Å². The van der Waals surface area contributed by atoms with Gasteiger partial charge >= 0.3 is 0 Å². The SMILES string of the molecule is O=C(CCN1C(=O)COc2ccc(Cl)cc21)NCCC(=O)N1CCOCC1. The van der Waals surface area contributed by atoms with Crippen molar-refractivity contribution in [1.29, 1.82) is 0 Å². The number of hydrogen-bond acceptors (Lipinski definition) is 5. The highest BCUT2D eigenvalue weighted by molar-refractivity contribution is 6.31. The average Bonchev–Trinajstić information content (AvgIpc) is 2.67. The lowest BCUT2D eigenvalue weighted by molar-refractivity contribution is -0.135. The van der Waals surface area contributed by atoms with Crippen molar-refractivity contribution in [3.05, 3.63) is 23.2 Å². The number of amides is 3. The van der Waals surface area contributed by atoms with Gasteiger partial charge in [0.2, 0.25) is 11.8 Å². The monoisotopic (exact) mass is 395 g/mol. The molecule has 1 N–H and O–H groups in total. The maximum atomic E-state index is 12.1. The highest BCUT2D eigenvalue weighted by Gasteiger charge is 2.26. The summed E-state index contributed by atoms with van der Waals surface area (Å²) in [5.74, 6) is 0.133. The van der Waals surface area contributed by atoms with Gasteiger partial charge in [-0.3, -0.25) is 14.4 Å². The topological polar surface area (TPSA) is 88.2 Å². The van der Waals surface area contributed by atoms with Gasteiger partial charge < -0.3 is 24.6 Å². The van der Waals surface area contributed by atoms with Gasteiger partial charge in [0.1, 0.15) is 5.75 Å². The number of hydrogen-bond donors (Lipinski definition) is 1. The summed E-state index contributed by atoms with van der Waals surface area (Å²) in [5, 5.41) is 3.22. The summed E-state index contributed by atoms with van der Waals surface area (Å²) in [4.78, 5) is 39.5. The molecule has 2 heterocycles. The summed E-state index contributed by atoms with van der Waals surface area (Å²) in [7, 11) is 0. The molecule has 0 aliphatic carbocycles. The van der Waals surface area contributed by atoms with Crippen LogP contribution in [0.4, 0.5) is 5.69 Å². The molecule has 1 fully saturated rings. The van der Waals surface area contributed by atoms with Crippen LogP contribution in [0.3, 0.4) is 0 Å². The highest BCUT2D eigenvalue weighted by atomic mass is 35.5. The molecule has 2 aliphatic heterocycles. The van der Waals surface area contributed by atoms with Crippen molar-refractivity contribution in [2.75, 3.05) is 50.9 Å². The van der Waals surface area contributed by atoms with Crippen LogP contribution in [0.2, 0.25) is 5.02 Å². The number of anilines is 1. The Kier molecular flexibility index (Phi) is 6.52. The molecule has 3 rings (SSSR count). The second-order valence-electron chi connectivity index (χ2n) is 6.29. The van der Waals surface area contributed by atoms with Crippen molar-refractivity contribution in [3.8, 4) is 5.75 Å². The molecule has 0 unspecified atom stereocenters. The van der Waals surface area contributed by atoms with E-state index in [0.29, 0.717) is 42.8 Å². The standard InChI is InChI=1S/C18H22ClN3O5/c19-13-1-2-15-14(11-13)22(18(25)12-27-15)6-4-16(23)20-5-3-17(24)21-7-9-26-10-8-21/h1-2,11H,3-10,12H2,(H,20,23). The minimum atomic E-state index is -0.222. The number of nitrogens with zero attached hydrogens (tertiary/aromatic N) is 2. The zero-order valence-corrected chi connectivity index (χ0v) is 15.7. The van der Waals surface area contributed by atoms with Crippen LogP contribution in [0.25, 0.3) is 0 Å². The minimum Gasteiger partial charge on any atom is -0.482 e. The predicted molar refractivity (Wildman–Crippen MR) is 98.9 cm³/mol. The van der Waals surface area contributed by atoms with Crippen molar-refractivity contribution in [2.24, 2.45) is 0 Å². The first kappa shape index (κ1) is 19.4. The van der Waals surface area contributed by atoms with E-state index in [1.165, 1.54) is 4.90 Å². The van der Waals surface area contributed by atoms with Gasteiger partial charge in [0.25, 0.3) is 5.91 Å². The van der Waals surface area contributed by atoms with Gasteiger partial charge in [0.05, 0.1) is 18.9 Å². The second kappa shape index (κ2) is 9.05. The lowest BCUT2D eigenvalue weighted by Gasteiger charge is -2.29. The third-order valence-electron chi connectivity index (χ3n) is 4.45. The van der Waals surface area contributed by atoms with Gasteiger partial charge in [-0.2, -0.15) is 0 Å². The van der Waals surface area contributed by atoms with Crippen molar-refractivity contribution in [1.82, 2.24) is 10.2 Å². The second-order valence-corrected chi connectivity index (χ2v) is 6.73. The molecular formula is C18H22ClN3O5. The Balaban J connectivity index is 1.44. The Morgan fingerprint density at radius 3 is 2.74 bits per heavy atom. The number of rotatable bonds is 6. The van der Waals surface area contributed by atoms with Crippen LogP contribution in [0.5, 0.6) is 5.75 Å². The molecule has 0 saturated carbocycles. The molecule has 0 atom stereocenters. The van der Waals surface area contributed by atoms with Crippen molar-refractivity contribution >= 4 is 35.0 Å². The van der Waals surface area contributed by atoms with Crippen LogP contribution in [-0.2, 0) is 19.1 Å². The number of benzene rings is 1. The molecule has 0 bridgehead atoms. The first-order chi connectivity index (χ1) is 13.0. The maximum Gasteiger partial charge on any atom is 0.265 e. The summed E-state index contributed by atoms with van der Waals surface area (Å²) < 4.78 is 10.6. The van der Waals surface area contributed by atoms with E-state index in [-0.39, 0.29) is 50.3 Å². The van der Waals surface area contributed by atoms with Crippen LogP contribution in [0, 0.1) is 0 Å². The van der Waals surface area contributed by atoms with Crippen LogP contribution < -0.4 is 15.0 Å². The Labute approximate surface area is 162 Å². The van der Waals surface area contributed by atoms with E-state index < -0.39 is 0 Å². The molecule has 8 nitrogen and oxygen atoms in total. The van der Waals surface area contributed by atoms with E-state index in [1.54, 1.807) is 23.1 Å². The van der Waals surface area contributed by atoms with E-state index in [2.05, 4.69) is 5.32 Å². The molecule has 1 aromatic rings. The normalized spacial score (nSPS) is 16.6. The summed E-state index contributed by atoms with van der Waals surface area (Å²) >= 11 is 6.00. The van der Waals surface area contributed by atoms with Crippen LogP contribution in [-0.4, -0.2) is 68.6 Å². The number of fused-ring (bicyclic) bond motifs is 1. The fourth-order valence-electron chi connectivity index (χ4n) is 3.00. The number of halogens is 1. The van der Waals surface area contributed by atoms with Gasteiger partial charge in [-0.05, 0) is 18.2 Å². The van der Waals surface area contributed by atoms with Crippen LogP contribution in [0.1, 0.15) is 12.8 Å². The quantitative estimate of drug-likeness (QED) is 0.770. The fraction of sp³-hybridized carbons (Fsp3) is 0.500. The summed E-state index contributed by atoms with van der Waals surface area (Å²) in [6.45, 7) is 2.72. The van der Waals surface area contributed by atoms with Crippen LogP contribution in [0.15, 0.2) is 18.2 Å². The van der Waals surface area contributed by atoms with Gasteiger partial charge in [-0.15, -0.1) is 0 Å². The van der Waals surface area contributed by atoms with Crippen molar-refractivity contribution in [2.45, 2.75) is 12.8 Å². The molecule has 1 aromatic carbocycles. The molecule has 27 heavy (non-hydrogen) atoms. The Morgan fingerprint density at radius 1 is 1.19 bits per heavy atom. The Bertz CT molecular complexity index is 721. The zero-order valence-electron chi connectivity index (χ0n) is 14.9. The van der Waals surface area contributed by atoms with Crippen molar-refractivity contribution in [3.63, 3.8) is 0 Å². The molecule has 0 radical (unpaired) electrons.